The lowest BCUT2D eigenvalue weighted by atomic mass is 10.3. The average molecular weight is 486 g/mol. The van der Waals surface area contributed by atoms with Gasteiger partial charge in [-0.15, -0.1) is 10.2 Å². The molecule has 0 saturated heterocycles. The van der Waals surface area contributed by atoms with Gasteiger partial charge in [-0.25, -0.2) is 0 Å². The van der Waals surface area contributed by atoms with Crippen molar-refractivity contribution in [3.8, 4) is 5.75 Å². The number of carbonyl (C=O) groups excluding carboxylic acids is 1. The van der Waals surface area contributed by atoms with Gasteiger partial charge in [0.05, 0.1) is 21.5 Å². The first-order valence-electron chi connectivity index (χ1n) is 9.11. The quantitative estimate of drug-likeness (QED) is 0.389. The van der Waals surface area contributed by atoms with Crippen molar-refractivity contribution in [1.29, 1.82) is 0 Å². The van der Waals surface area contributed by atoms with Crippen LogP contribution in [0.2, 0.25) is 15.1 Å². The molecule has 1 aromatic heterocycles. The number of anilines is 1. The topological polar surface area (TPSA) is 69.0 Å². The molecule has 0 aliphatic heterocycles. The largest absolute Gasteiger partial charge is 0.481 e. The van der Waals surface area contributed by atoms with Crippen LogP contribution in [0.3, 0.4) is 0 Å². The number of benzene rings is 2. The monoisotopic (exact) mass is 484 g/mol. The third kappa shape index (κ3) is 5.60. The van der Waals surface area contributed by atoms with Crippen molar-refractivity contribution in [3.63, 3.8) is 0 Å². The smallest absolute Gasteiger partial charge is 0.234 e. The molecule has 2 aromatic carbocycles. The molecule has 0 fully saturated rings. The van der Waals surface area contributed by atoms with Crippen LogP contribution >= 0.6 is 46.6 Å². The van der Waals surface area contributed by atoms with Crippen LogP contribution in [0.1, 0.15) is 25.8 Å². The molecule has 3 rings (SSSR count). The summed E-state index contributed by atoms with van der Waals surface area (Å²) >= 11 is 19.4. The number of hydrogen-bond donors (Lipinski definition) is 1. The standard InChI is InChI=1S/C20H19Cl3N4O2S/c1-3-27-19(12(2)29-17-7-5-4-6-14(17)22)25-26-20(27)30-11-18(28)24-16-9-8-13(21)10-15(16)23/h4-10,12H,3,11H2,1-2H3,(H,24,28)/t12-/m1/s1. The minimum Gasteiger partial charge on any atom is -0.481 e. The predicted octanol–water partition coefficient (Wildman–Crippen LogP) is 6.13. The highest BCUT2D eigenvalue weighted by atomic mass is 35.5. The molecule has 1 atom stereocenters. The van der Waals surface area contributed by atoms with Crippen molar-refractivity contribution in [2.45, 2.75) is 31.7 Å². The summed E-state index contributed by atoms with van der Waals surface area (Å²) in [5.41, 5.74) is 0.506. The molecule has 10 heteroatoms. The van der Waals surface area contributed by atoms with Crippen molar-refractivity contribution < 1.29 is 9.53 Å². The molecule has 30 heavy (non-hydrogen) atoms. The van der Waals surface area contributed by atoms with Gasteiger partial charge in [0.25, 0.3) is 0 Å². The van der Waals surface area contributed by atoms with E-state index in [2.05, 4.69) is 15.5 Å². The van der Waals surface area contributed by atoms with Gasteiger partial charge in [-0.1, -0.05) is 58.7 Å². The fourth-order valence-electron chi connectivity index (χ4n) is 2.70. The van der Waals surface area contributed by atoms with Gasteiger partial charge in [0, 0.05) is 11.6 Å². The van der Waals surface area contributed by atoms with Crippen LogP contribution in [-0.4, -0.2) is 26.4 Å². The summed E-state index contributed by atoms with van der Waals surface area (Å²) in [6.45, 7) is 4.49. The van der Waals surface area contributed by atoms with Crippen LogP contribution in [0, 0.1) is 0 Å². The van der Waals surface area contributed by atoms with Crippen LogP contribution in [0.15, 0.2) is 47.6 Å². The van der Waals surface area contributed by atoms with Crippen LogP contribution in [0.5, 0.6) is 5.75 Å². The number of hydrogen-bond acceptors (Lipinski definition) is 5. The molecule has 158 valence electrons. The van der Waals surface area contributed by atoms with E-state index in [0.717, 1.165) is 0 Å². The fraction of sp³-hybridized carbons (Fsp3) is 0.250. The number of amides is 1. The Morgan fingerprint density at radius 1 is 1.17 bits per heavy atom. The zero-order valence-corrected chi connectivity index (χ0v) is 19.3. The summed E-state index contributed by atoms with van der Waals surface area (Å²) in [7, 11) is 0. The van der Waals surface area contributed by atoms with Gasteiger partial charge in [0.15, 0.2) is 17.1 Å². The first-order valence-corrected chi connectivity index (χ1v) is 11.2. The van der Waals surface area contributed by atoms with Crippen molar-refractivity contribution in [3.05, 3.63) is 63.4 Å². The SMILES string of the molecule is CCn1c(SCC(=O)Nc2ccc(Cl)cc2Cl)nnc1[C@@H](C)Oc1ccccc1Cl. The number of nitrogens with zero attached hydrogens (tertiary/aromatic N) is 3. The molecular weight excluding hydrogens is 467 g/mol. The summed E-state index contributed by atoms with van der Waals surface area (Å²) < 4.78 is 7.86. The predicted molar refractivity (Wildman–Crippen MR) is 122 cm³/mol. The number of ether oxygens (including phenoxy) is 1. The van der Waals surface area contributed by atoms with Crippen molar-refractivity contribution >= 4 is 58.2 Å². The lowest BCUT2D eigenvalue weighted by Crippen LogP contribution is -2.15. The molecular formula is C20H19Cl3N4O2S. The number of thioether (sulfide) groups is 1. The minimum atomic E-state index is -0.367. The second-order valence-electron chi connectivity index (χ2n) is 6.24. The van der Waals surface area contributed by atoms with Gasteiger partial charge in [0.1, 0.15) is 5.75 Å². The average Bonchev–Trinajstić information content (AvgIpc) is 3.13. The molecule has 3 aromatic rings. The van der Waals surface area contributed by atoms with E-state index in [1.54, 1.807) is 30.3 Å². The van der Waals surface area contributed by atoms with Crippen molar-refractivity contribution in [2.75, 3.05) is 11.1 Å². The van der Waals surface area contributed by atoms with E-state index in [4.69, 9.17) is 39.5 Å². The van der Waals surface area contributed by atoms with E-state index in [-0.39, 0.29) is 17.8 Å². The lowest BCUT2D eigenvalue weighted by Gasteiger charge is -2.16. The van der Waals surface area contributed by atoms with Crippen LogP contribution in [0.25, 0.3) is 0 Å². The van der Waals surface area contributed by atoms with E-state index < -0.39 is 0 Å². The molecule has 0 radical (unpaired) electrons. The highest BCUT2D eigenvalue weighted by molar-refractivity contribution is 7.99. The Balaban J connectivity index is 1.65. The van der Waals surface area contributed by atoms with Gasteiger partial charge < -0.3 is 14.6 Å². The van der Waals surface area contributed by atoms with Crippen LogP contribution in [0.4, 0.5) is 5.69 Å². The maximum Gasteiger partial charge on any atom is 0.234 e. The van der Waals surface area contributed by atoms with Crippen molar-refractivity contribution in [2.24, 2.45) is 0 Å². The normalized spacial score (nSPS) is 11.9. The maximum absolute atomic E-state index is 12.3. The Bertz CT molecular complexity index is 1040. The Morgan fingerprint density at radius 3 is 2.63 bits per heavy atom. The number of nitrogens with one attached hydrogen (secondary N) is 1. The van der Waals surface area contributed by atoms with E-state index >= 15 is 0 Å². The third-order valence-electron chi connectivity index (χ3n) is 4.10. The summed E-state index contributed by atoms with van der Waals surface area (Å²) in [5, 5.41) is 13.3. The summed E-state index contributed by atoms with van der Waals surface area (Å²) in [6.07, 6.45) is -0.367. The second kappa shape index (κ2) is 10.4. The molecule has 0 spiro atoms. The molecule has 0 saturated carbocycles. The summed E-state index contributed by atoms with van der Waals surface area (Å²) in [5.74, 6) is 1.17. The van der Waals surface area contributed by atoms with Gasteiger partial charge in [-0.05, 0) is 44.2 Å². The van der Waals surface area contributed by atoms with Crippen molar-refractivity contribution in [1.82, 2.24) is 14.8 Å². The number of para-hydroxylation sites is 1. The van der Waals surface area contributed by atoms with Crippen LogP contribution < -0.4 is 10.1 Å². The molecule has 6 nitrogen and oxygen atoms in total. The Kier molecular flexibility index (Phi) is 7.88. The Hall–Kier alpha value is -1.93. The Morgan fingerprint density at radius 2 is 1.93 bits per heavy atom. The molecule has 0 aliphatic carbocycles. The maximum atomic E-state index is 12.3. The fourth-order valence-corrected chi connectivity index (χ4v) is 4.14. The first-order chi connectivity index (χ1) is 14.4. The van der Waals surface area contributed by atoms with Gasteiger partial charge in [0.2, 0.25) is 5.91 Å². The van der Waals surface area contributed by atoms with Gasteiger partial charge in [-0.3, -0.25) is 4.79 Å². The third-order valence-corrected chi connectivity index (χ3v) is 5.93. The van der Waals surface area contributed by atoms with E-state index in [1.807, 2.05) is 30.5 Å². The van der Waals surface area contributed by atoms with Gasteiger partial charge in [-0.2, -0.15) is 0 Å². The highest BCUT2D eigenvalue weighted by Gasteiger charge is 2.20. The van der Waals surface area contributed by atoms with Gasteiger partial charge >= 0.3 is 0 Å². The lowest BCUT2D eigenvalue weighted by molar-refractivity contribution is -0.113. The first kappa shape index (κ1) is 22.7. The summed E-state index contributed by atoms with van der Waals surface area (Å²) in [4.78, 5) is 12.3. The summed E-state index contributed by atoms with van der Waals surface area (Å²) in [6, 6.07) is 12.2. The Labute approximate surface area is 193 Å². The van der Waals surface area contributed by atoms with E-state index in [1.165, 1.54) is 11.8 Å². The molecule has 0 unspecified atom stereocenters. The zero-order valence-electron chi connectivity index (χ0n) is 16.2. The van der Waals surface area contributed by atoms with E-state index in [0.29, 0.717) is 44.0 Å². The molecule has 0 bridgehead atoms. The molecule has 1 heterocycles. The van der Waals surface area contributed by atoms with Crippen LogP contribution in [-0.2, 0) is 11.3 Å². The minimum absolute atomic E-state index is 0.150. The molecule has 0 aliphatic rings. The number of rotatable bonds is 8. The number of carbonyl (C=O) groups is 1. The molecule has 1 amide bonds. The highest BCUT2D eigenvalue weighted by Crippen LogP contribution is 2.30. The van der Waals surface area contributed by atoms with E-state index in [9.17, 15) is 4.79 Å². The number of halogens is 3. The zero-order chi connectivity index (χ0) is 21.7. The second-order valence-corrected chi connectivity index (χ2v) is 8.43. The number of aromatic nitrogens is 3. The molecule has 1 N–H and O–H groups in total.